The molecular weight excluding hydrogens is 236 g/mol. The first kappa shape index (κ1) is 13.3. The van der Waals surface area contributed by atoms with E-state index in [0.29, 0.717) is 0 Å². The predicted octanol–water partition coefficient (Wildman–Crippen LogP) is 4.74. The summed E-state index contributed by atoms with van der Waals surface area (Å²) in [7, 11) is 0. The average Bonchev–Trinajstić information content (AvgIpc) is 2.34. The fraction of sp³-hybridized carbons (Fsp3) is 0.250. The Bertz CT molecular complexity index is 569. The van der Waals surface area contributed by atoms with Gasteiger partial charge in [0.25, 0.3) is 0 Å². The number of nitrogens with zero attached hydrogens (tertiary/aromatic N) is 2. The normalized spacial score (nSPS) is 10.3. The van der Waals surface area contributed by atoms with Crippen LogP contribution in [0.1, 0.15) is 22.3 Å². The largest absolute Gasteiger partial charge is 0.197 e. The molecule has 2 aromatic rings. The molecule has 0 spiro atoms. The van der Waals surface area contributed by atoms with Crippen LogP contribution in [0.2, 0.25) is 0 Å². The van der Waals surface area contributed by atoms with Crippen LogP contribution in [0, 0.1) is 32.6 Å². The highest BCUT2D eigenvalue weighted by molar-refractivity contribution is 5.68. The lowest BCUT2D eigenvalue weighted by atomic mass is 10.1. The van der Waals surface area contributed by atoms with Gasteiger partial charge in [-0.25, -0.2) is 0 Å². The van der Waals surface area contributed by atoms with E-state index in [9.17, 15) is 4.91 Å². The summed E-state index contributed by atoms with van der Waals surface area (Å²) in [6.45, 7) is 8.05. The third-order valence-electron chi connectivity index (χ3n) is 3.24. The van der Waals surface area contributed by atoms with E-state index in [4.69, 9.17) is 0 Å². The Morgan fingerprint density at radius 1 is 0.789 bits per heavy atom. The average molecular weight is 254 g/mol. The first-order valence-electron chi connectivity index (χ1n) is 6.31. The molecule has 0 fully saturated rings. The van der Waals surface area contributed by atoms with Gasteiger partial charge in [-0.15, -0.1) is 4.91 Å². The molecule has 0 amide bonds. The highest BCUT2D eigenvalue weighted by atomic mass is 16.3. The zero-order chi connectivity index (χ0) is 14.0. The second-order valence-electron chi connectivity index (χ2n) is 4.97. The SMILES string of the molecule is Cc1ccc(N(N=O)c2ccc(C)cc2C)c(C)c1. The van der Waals surface area contributed by atoms with E-state index >= 15 is 0 Å². The summed E-state index contributed by atoms with van der Waals surface area (Å²) in [6.07, 6.45) is 0. The van der Waals surface area contributed by atoms with Gasteiger partial charge in [-0.1, -0.05) is 35.4 Å². The Labute approximate surface area is 113 Å². The second kappa shape index (κ2) is 5.22. The van der Waals surface area contributed by atoms with Crippen LogP contribution in [0.3, 0.4) is 0 Å². The predicted molar refractivity (Wildman–Crippen MR) is 79.8 cm³/mol. The number of hydrogen-bond donors (Lipinski definition) is 0. The van der Waals surface area contributed by atoms with Crippen molar-refractivity contribution >= 4 is 11.4 Å². The van der Waals surface area contributed by atoms with Crippen LogP contribution < -0.4 is 5.01 Å². The summed E-state index contributed by atoms with van der Waals surface area (Å²) in [5, 5.41) is 4.65. The van der Waals surface area contributed by atoms with Crippen molar-refractivity contribution in [3.8, 4) is 0 Å². The third-order valence-corrected chi connectivity index (χ3v) is 3.24. The number of anilines is 2. The van der Waals surface area contributed by atoms with Gasteiger partial charge in [-0.3, -0.25) is 0 Å². The van der Waals surface area contributed by atoms with Crippen molar-refractivity contribution in [2.75, 3.05) is 5.01 Å². The third kappa shape index (κ3) is 2.65. The van der Waals surface area contributed by atoms with Gasteiger partial charge in [0.2, 0.25) is 0 Å². The zero-order valence-corrected chi connectivity index (χ0v) is 11.8. The molecule has 0 aliphatic carbocycles. The molecule has 0 aliphatic rings. The van der Waals surface area contributed by atoms with Crippen molar-refractivity contribution in [3.63, 3.8) is 0 Å². The van der Waals surface area contributed by atoms with Gasteiger partial charge in [0.05, 0.1) is 16.7 Å². The second-order valence-corrected chi connectivity index (χ2v) is 4.97. The van der Waals surface area contributed by atoms with Crippen LogP contribution in [0.25, 0.3) is 0 Å². The van der Waals surface area contributed by atoms with Crippen molar-refractivity contribution in [1.82, 2.24) is 0 Å². The van der Waals surface area contributed by atoms with E-state index in [0.717, 1.165) is 22.5 Å². The number of benzene rings is 2. The minimum Gasteiger partial charge on any atom is -0.197 e. The smallest absolute Gasteiger partial charge is 0.0714 e. The van der Waals surface area contributed by atoms with Gasteiger partial charge in [0.15, 0.2) is 0 Å². The summed E-state index contributed by atoms with van der Waals surface area (Å²) in [5.74, 6) is 0. The molecule has 3 nitrogen and oxygen atoms in total. The van der Waals surface area contributed by atoms with Crippen molar-refractivity contribution in [2.24, 2.45) is 5.29 Å². The molecule has 0 N–H and O–H groups in total. The summed E-state index contributed by atoms with van der Waals surface area (Å²) < 4.78 is 0. The minimum atomic E-state index is 0.826. The van der Waals surface area contributed by atoms with Crippen LogP contribution in [-0.2, 0) is 0 Å². The molecule has 2 rings (SSSR count). The van der Waals surface area contributed by atoms with E-state index in [-0.39, 0.29) is 0 Å². The highest BCUT2D eigenvalue weighted by Gasteiger charge is 2.14. The maximum absolute atomic E-state index is 11.3. The molecule has 3 heteroatoms. The van der Waals surface area contributed by atoms with Gasteiger partial charge in [0.1, 0.15) is 0 Å². The molecule has 2 aromatic carbocycles. The molecule has 0 aromatic heterocycles. The van der Waals surface area contributed by atoms with Gasteiger partial charge >= 0.3 is 0 Å². The van der Waals surface area contributed by atoms with Crippen molar-refractivity contribution in [1.29, 1.82) is 0 Å². The lowest BCUT2D eigenvalue weighted by Crippen LogP contribution is -2.10. The maximum Gasteiger partial charge on any atom is 0.0714 e. The van der Waals surface area contributed by atoms with E-state index in [1.165, 1.54) is 16.1 Å². The van der Waals surface area contributed by atoms with Gasteiger partial charge in [-0.05, 0) is 51.0 Å². The Balaban J connectivity index is 2.53. The summed E-state index contributed by atoms with van der Waals surface area (Å²) >= 11 is 0. The Morgan fingerprint density at radius 2 is 1.21 bits per heavy atom. The first-order valence-corrected chi connectivity index (χ1v) is 6.31. The molecular formula is C16H18N2O. The van der Waals surface area contributed by atoms with Crippen molar-refractivity contribution in [2.45, 2.75) is 27.7 Å². The van der Waals surface area contributed by atoms with Crippen LogP contribution in [0.4, 0.5) is 11.4 Å². The van der Waals surface area contributed by atoms with Crippen LogP contribution in [0.15, 0.2) is 41.7 Å². The van der Waals surface area contributed by atoms with Gasteiger partial charge in [0, 0.05) is 0 Å². The molecule has 0 radical (unpaired) electrons. The molecule has 0 saturated heterocycles. The number of hydrogen-bond acceptors (Lipinski definition) is 2. The number of rotatable bonds is 3. The fourth-order valence-electron chi connectivity index (χ4n) is 2.30. The lowest BCUT2D eigenvalue weighted by molar-refractivity contribution is 1.04. The van der Waals surface area contributed by atoms with E-state index in [2.05, 4.69) is 17.4 Å². The molecule has 0 saturated carbocycles. The highest BCUT2D eigenvalue weighted by Crippen LogP contribution is 2.31. The van der Waals surface area contributed by atoms with Crippen LogP contribution in [0.5, 0.6) is 0 Å². The first-order chi connectivity index (χ1) is 9.02. The Morgan fingerprint density at radius 3 is 1.53 bits per heavy atom. The van der Waals surface area contributed by atoms with E-state index < -0.39 is 0 Å². The summed E-state index contributed by atoms with van der Waals surface area (Å²) in [6, 6.07) is 12.0. The standard InChI is InChI=1S/C16H18N2O/c1-11-5-7-15(13(3)9-11)18(17-19)16-8-6-12(2)10-14(16)4/h5-10H,1-4H3. The Hall–Kier alpha value is -2.16. The number of aryl methyl sites for hydroxylation is 4. The number of nitroso groups, excluding NO2 is 1. The minimum absolute atomic E-state index is 0.826. The molecule has 98 valence electrons. The molecule has 0 unspecified atom stereocenters. The quantitative estimate of drug-likeness (QED) is 0.585. The topological polar surface area (TPSA) is 32.7 Å². The Kier molecular flexibility index (Phi) is 3.65. The molecule has 0 atom stereocenters. The molecule has 0 heterocycles. The molecule has 0 aliphatic heterocycles. The van der Waals surface area contributed by atoms with Crippen LogP contribution >= 0.6 is 0 Å². The van der Waals surface area contributed by atoms with Gasteiger partial charge in [-0.2, -0.15) is 5.01 Å². The fourth-order valence-corrected chi connectivity index (χ4v) is 2.30. The monoisotopic (exact) mass is 254 g/mol. The molecule has 19 heavy (non-hydrogen) atoms. The van der Waals surface area contributed by atoms with E-state index in [1.807, 2.05) is 52.0 Å². The van der Waals surface area contributed by atoms with Crippen molar-refractivity contribution in [3.05, 3.63) is 63.6 Å². The van der Waals surface area contributed by atoms with Crippen molar-refractivity contribution < 1.29 is 0 Å². The van der Waals surface area contributed by atoms with Crippen LogP contribution in [-0.4, -0.2) is 0 Å². The van der Waals surface area contributed by atoms with Gasteiger partial charge < -0.3 is 0 Å². The van der Waals surface area contributed by atoms with E-state index in [1.54, 1.807) is 0 Å². The lowest BCUT2D eigenvalue weighted by Gasteiger charge is -2.20. The zero-order valence-electron chi connectivity index (χ0n) is 11.8. The summed E-state index contributed by atoms with van der Waals surface area (Å²) in [5.41, 5.74) is 6.08. The summed E-state index contributed by atoms with van der Waals surface area (Å²) in [4.78, 5) is 11.3. The maximum atomic E-state index is 11.3. The molecule has 0 bridgehead atoms.